The summed E-state index contributed by atoms with van der Waals surface area (Å²) in [6.45, 7) is 4.28. The van der Waals surface area contributed by atoms with Crippen molar-refractivity contribution in [1.29, 1.82) is 0 Å². The van der Waals surface area contributed by atoms with Crippen molar-refractivity contribution in [1.82, 2.24) is 4.90 Å². The number of carbonyl (C=O) groups is 3. The Kier molecular flexibility index (Phi) is 7.20. The summed E-state index contributed by atoms with van der Waals surface area (Å²) in [7, 11) is 0. The lowest BCUT2D eigenvalue weighted by Crippen LogP contribution is -2.53. The van der Waals surface area contributed by atoms with Crippen LogP contribution in [0.2, 0.25) is 0 Å². The molecule has 1 aliphatic carbocycles. The highest BCUT2D eigenvalue weighted by atomic mass is 16.6. The number of carboxylic acid groups (broad SMARTS) is 1. The van der Waals surface area contributed by atoms with Gasteiger partial charge in [0.15, 0.2) is 0 Å². The highest BCUT2D eigenvalue weighted by Gasteiger charge is 2.49. The molecule has 3 unspecified atom stereocenters. The number of nitrogens with zero attached hydrogens (tertiary/aromatic N) is 2. The monoisotopic (exact) mass is 464 g/mol. The Morgan fingerprint density at radius 3 is 2.50 bits per heavy atom. The molecule has 0 bridgehead atoms. The van der Waals surface area contributed by atoms with Gasteiger partial charge in [-0.2, -0.15) is 0 Å². The van der Waals surface area contributed by atoms with Crippen molar-refractivity contribution in [2.24, 2.45) is 11.8 Å². The molecular weight excluding hydrogens is 432 g/mol. The van der Waals surface area contributed by atoms with Gasteiger partial charge in [-0.3, -0.25) is 14.5 Å². The molecule has 1 heterocycles. The van der Waals surface area contributed by atoms with Crippen LogP contribution in [0.4, 0.5) is 10.5 Å². The van der Waals surface area contributed by atoms with Gasteiger partial charge in [-0.05, 0) is 37.0 Å². The smallest absolute Gasteiger partial charge is 0.414 e. The minimum absolute atomic E-state index is 0.0695. The van der Waals surface area contributed by atoms with Gasteiger partial charge >= 0.3 is 12.1 Å². The van der Waals surface area contributed by atoms with Crippen LogP contribution in [0.3, 0.4) is 0 Å². The van der Waals surface area contributed by atoms with Crippen molar-refractivity contribution in [3.05, 3.63) is 65.7 Å². The van der Waals surface area contributed by atoms with Gasteiger partial charge in [0.2, 0.25) is 5.91 Å². The molecule has 0 radical (unpaired) electrons. The first-order valence-electron chi connectivity index (χ1n) is 12.0. The zero-order valence-electron chi connectivity index (χ0n) is 19.7. The third-order valence-corrected chi connectivity index (χ3v) is 7.05. The van der Waals surface area contributed by atoms with Crippen LogP contribution in [0.1, 0.15) is 56.7 Å². The standard InChI is InChI=1S/C27H32N2O5/c1-3-28(26(32)18(2)16-24(30)31)25-20-12-7-8-14-22(20)29(23-15-9-13-21(23)25)27(33)34-17-19-10-5-4-6-11-19/h4-8,10-12,14,18,21,23,25H,3,9,13,15-17H2,1-2H3,(H,30,31)/t18-,21?,23?,25?/m1/s1. The van der Waals surface area contributed by atoms with Gasteiger partial charge in [-0.1, -0.05) is 61.9 Å². The van der Waals surface area contributed by atoms with Gasteiger partial charge in [-0.25, -0.2) is 4.79 Å². The van der Waals surface area contributed by atoms with E-state index in [1.165, 1.54) is 0 Å². The van der Waals surface area contributed by atoms with E-state index in [-0.39, 0.29) is 43.0 Å². The van der Waals surface area contributed by atoms with Gasteiger partial charge in [0.1, 0.15) is 6.61 Å². The van der Waals surface area contributed by atoms with E-state index in [1.807, 2.05) is 66.4 Å². The van der Waals surface area contributed by atoms with Crippen molar-refractivity contribution in [3.63, 3.8) is 0 Å². The second-order valence-corrected chi connectivity index (χ2v) is 9.20. The van der Waals surface area contributed by atoms with Crippen molar-refractivity contribution in [3.8, 4) is 0 Å². The Morgan fingerprint density at radius 2 is 1.79 bits per heavy atom. The average molecular weight is 465 g/mol. The predicted octanol–water partition coefficient (Wildman–Crippen LogP) is 5.01. The molecule has 7 nitrogen and oxygen atoms in total. The van der Waals surface area contributed by atoms with Gasteiger partial charge in [0, 0.05) is 24.4 Å². The summed E-state index contributed by atoms with van der Waals surface area (Å²) < 4.78 is 5.73. The van der Waals surface area contributed by atoms with Gasteiger partial charge in [0.25, 0.3) is 0 Å². The zero-order valence-corrected chi connectivity index (χ0v) is 19.7. The van der Waals surface area contributed by atoms with Gasteiger partial charge in [0.05, 0.1) is 18.2 Å². The highest BCUT2D eigenvalue weighted by molar-refractivity contribution is 5.91. The van der Waals surface area contributed by atoms with Crippen LogP contribution in [0, 0.1) is 11.8 Å². The number of amides is 2. The summed E-state index contributed by atoms with van der Waals surface area (Å²) in [4.78, 5) is 41.5. The number of aliphatic carboxylic acids is 1. The second-order valence-electron chi connectivity index (χ2n) is 9.20. The predicted molar refractivity (Wildman–Crippen MR) is 128 cm³/mol. The Labute approximate surface area is 200 Å². The molecular formula is C27H32N2O5. The van der Waals surface area contributed by atoms with Gasteiger partial charge < -0.3 is 14.7 Å². The van der Waals surface area contributed by atoms with E-state index in [2.05, 4.69) is 0 Å². The summed E-state index contributed by atoms with van der Waals surface area (Å²) in [5.41, 5.74) is 2.61. The third kappa shape index (κ3) is 4.65. The summed E-state index contributed by atoms with van der Waals surface area (Å²) in [5, 5.41) is 9.21. The lowest BCUT2D eigenvalue weighted by molar-refractivity contribution is -0.146. The number of hydrogen-bond acceptors (Lipinski definition) is 4. The molecule has 0 saturated heterocycles. The first kappa shape index (κ1) is 23.8. The van der Waals surface area contributed by atoms with E-state index in [1.54, 1.807) is 11.8 Å². The molecule has 180 valence electrons. The number of carbonyl (C=O) groups excluding carboxylic acids is 2. The Balaban J connectivity index is 1.65. The van der Waals surface area contributed by atoms with Crippen molar-refractivity contribution >= 4 is 23.7 Å². The van der Waals surface area contributed by atoms with Crippen molar-refractivity contribution in [2.75, 3.05) is 11.4 Å². The Hall–Kier alpha value is -3.35. The first-order chi connectivity index (χ1) is 16.4. The number of benzene rings is 2. The van der Waals surface area contributed by atoms with Crippen LogP contribution in [0.25, 0.3) is 0 Å². The number of anilines is 1. The number of rotatable bonds is 7. The molecule has 0 spiro atoms. The topological polar surface area (TPSA) is 87.2 Å². The Morgan fingerprint density at radius 1 is 1.09 bits per heavy atom. The molecule has 1 N–H and O–H groups in total. The van der Waals surface area contributed by atoms with Gasteiger partial charge in [-0.15, -0.1) is 0 Å². The molecule has 34 heavy (non-hydrogen) atoms. The number of hydrogen-bond donors (Lipinski definition) is 1. The van der Waals surface area contributed by atoms with E-state index in [9.17, 15) is 19.5 Å². The van der Waals surface area contributed by atoms with Crippen molar-refractivity contribution in [2.45, 2.75) is 58.2 Å². The van der Waals surface area contributed by atoms with Crippen LogP contribution in [-0.2, 0) is 20.9 Å². The summed E-state index contributed by atoms with van der Waals surface area (Å²) in [5.74, 6) is -1.68. The lowest BCUT2D eigenvalue weighted by Gasteiger charge is -2.47. The minimum atomic E-state index is -0.980. The molecule has 2 amide bonds. The zero-order chi connectivity index (χ0) is 24.2. The van der Waals surface area contributed by atoms with E-state index in [4.69, 9.17) is 4.74 Å². The summed E-state index contributed by atoms with van der Waals surface area (Å²) in [6, 6.07) is 17.1. The molecule has 2 aliphatic rings. The summed E-state index contributed by atoms with van der Waals surface area (Å²) >= 11 is 0. The molecule has 1 fully saturated rings. The molecule has 2 aromatic carbocycles. The number of carboxylic acids is 1. The van der Waals surface area contributed by atoms with Crippen LogP contribution >= 0.6 is 0 Å². The maximum atomic E-state index is 13.3. The SMILES string of the molecule is CCN(C(=O)[C@H](C)CC(=O)O)C1c2ccccc2N(C(=O)OCc2ccccc2)C2CCCC12. The normalized spacial score (nSPS) is 21.8. The van der Waals surface area contributed by atoms with E-state index < -0.39 is 11.9 Å². The maximum absolute atomic E-state index is 13.3. The second kappa shape index (κ2) is 10.3. The maximum Gasteiger partial charge on any atom is 0.414 e. The molecule has 0 aromatic heterocycles. The molecule has 1 saturated carbocycles. The number of ether oxygens (including phenoxy) is 1. The average Bonchev–Trinajstić information content (AvgIpc) is 3.31. The van der Waals surface area contributed by atoms with E-state index >= 15 is 0 Å². The minimum Gasteiger partial charge on any atom is -0.481 e. The number of fused-ring (bicyclic) bond motifs is 2. The van der Waals surface area contributed by atoms with Crippen LogP contribution in [-0.4, -0.2) is 40.6 Å². The fraction of sp³-hybridized carbons (Fsp3) is 0.444. The Bertz CT molecular complexity index is 1040. The lowest BCUT2D eigenvalue weighted by atomic mass is 9.81. The molecule has 4 atom stereocenters. The third-order valence-electron chi connectivity index (χ3n) is 7.05. The molecule has 1 aliphatic heterocycles. The molecule has 7 heteroatoms. The quantitative estimate of drug-likeness (QED) is 0.622. The largest absolute Gasteiger partial charge is 0.481 e. The van der Waals surface area contributed by atoms with E-state index in [0.717, 1.165) is 36.1 Å². The van der Waals surface area contributed by atoms with Crippen LogP contribution < -0.4 is 4.90 Å². The molecule has 4 rings (SSSR count). The number of para-hydroxylation sites is 1. The van der Waals surface area contributed by atoms with Crippen molar-refractivity contribution < 1.29 is 24.2 Å². The fourth-order valence-electron chi connectivity index (χ4n) is 5.57. The first-order valence-corrected chi connectivity index (χ1v) is 12.0. The molecule has 2 aromatic rings. The highest BCUT2D eigenvalue weighted by Crippen LogP contribution is 2.50. The summed E-state index contributed by atoms with van der Waals surface area (Å²) in [6.07, 6.45) is 2.12. The van der Waals surface area contributed by atoms with Crippen LogP contribution in [0.15, 0.2) is 54.6 Å². The van der Waals surface area contributed by atoms with Crippen LogP contribution in [0.5, 0.6) is 0 Å². The van der Waals surface area contributed by atoms with E-state index in [0.29, 0.717) is 6.54 Å². The fourth-order valence-corrected chi connectivity index (χ4v) is 5.57.